The highest BCUT2D eigenvalue weighted by Gasteiger charge is 2.08. The first-order chi connectivity index (χ1) is 6.06. The Bertz CT molecular complexity index is 289. The van der Waals surface area contributed by atoms with Crippen molar-refractivity contribution in [3.63, 3.8) is 0 Å². The Morgan fingerprint density at radius 2 is 2.08 bits per heavy atom. The normalized spacial score (nSPS) is 13.0. The molecule has 2 nitrogen and oxygen atoms in total. The molecule has 1 atom stereocenters. The predicted octanol–water partition coefficient (Wildman–Crippen LogP) is 1.95. The zero-order valence-corrected chi connectivity index (χ0v) is 8.60. The van der Waals surface area contributed by atoms with Crippen LogP contribution in [0.3, 0.4) is 0 Å². The lowest BCUT2D eigenvalue weighted by Crippen LogP contribution is -2.11. The first kappa shape index (κ1) is 10.5. The molecule has 72 valence electrons. The molecule has 0 fully saturated rings. The molecule has 0 aliphatic heterocycles. The molecule has 0 bridgehead atoms. The van der Waals surface area contributed by atoms with Gasteiger partial charge in [0.2, 0.25) is 0 Å². The molecule has 0 aliphatic rings. The average Bonchev–Trinajstić information content (AvgIpc) is 2.12. The van der Waals surface area contributed by atoms with E-state index in [2.05, 4.69) is 0 Å². The Hall–Kier alpha value is -0.570. The Labute approximate surface area is 83.3 Å². The molecule has 3 heteroatoms. The molecule has 1 aromatic carbocycles. The van der Waals surface area contributed by atoms with E-state index in [1.54, 1.807) is 6.07 Å². The van der Waals surface area contributed by atoms with Gasteiger partial charge in [0, 0.05) is 11.6 Å². The smallest absolute Gasteiger partial charge is 0.0912 e. The van der Waals surface area contributed by atoms with Gasteiger partial charge < -0.3 is 10.8 Å². The van der Waals surface area contributed by atoms with Gasteiger partial charge in [-0.05, 0) is 36.6 Å². The number of benzene rings is 1. The summed E-state index contributed by atoms with van der Waals surface area (Å²) in [6, 6.07) is 3.68. The zero-order chi connectivity index (χ0) is 10.0. The summed E-state index contributed by atoms with van der Waals surface area (Å²) in [7, 11) is 0. The van der Waals surface area contributed by atoms with E-state index in [0.29, 0.717) is 5.02 Å². The van der Waals surface area contributed by atoms with Crippen molar-refractivity contribution in [2.24, 2.45) is 5.73 Å². The molecule has 1 rings (SSSR count). The molecule has 0 aliphatic carbocycles. The highest BCUT2D eigenvalue weighted by Crippen LogP contribution is 2.24. The van der Waals surface area contributed by atoms with E-state index in [9.17, 15) is 5.11 Å². The molecule has 13 heavy (non-hydrogen) atoms. The first-order valence-corrected chi connectivity index (χ1v) is 4.59. The summed E-state index contributed by atoms with van der Waals surface area (Å²) in [5.74, 6) is 0. The van der Waals surface area contributed by atoms with Crippen LogP contribution in [0.1, 0.15) is 22.8 Å². The zero-order valence-electron chi connectivity index (χ0n) is 7.84. The van der Waals surface area contributed by atoms with Gasteiger partial charge in [0.15, 0.2) is 0 Å². The monoisotopic (exact) mass is 199 g/mol. The number of aliphatic hydroxyl groups is 1. The SMILES string of the molecule is Cc1cc(C(O)CN)cc(Cl)c1C. The maximum absolute atomic E-state index is 9.49. The van der Waals surface area contributed by atoms with Crippen molar-refractivity contribution in [3.05, 3.63) is 33.8 Å². The summed E-state index contributed by atoms with van der Waals surface area (Å²) >= 11 is 5.97. The summed E-state index contributed by atoms with van der Waals surface area (Å²) < 4.78 is 0. The van der Waals surface area contributed by atoms with Crippen LogP contribution in [0.15, 0.2) is 12.1 Å². The van der Waals surface area contributed by atoms with Crippen molar-refractivity contribution in [2.45, 2.75) is 20.0 Å². The number of halogens is 1. The minimum Gasteiger partial charge on any atom is -0.387 e. The second kappa shape index (κ2) is 4.09. The summed E-state index contributed by atoms with van der Waals surface area (Å²) in [4.78, 5) is 0. The molecule has 0 spiro atoms. The van der Waals surface area contributed by atoms with Crippen molar-refractivity contribution in [1.29, 1.82) is 0 Å². The molecule has 0 radical (unpaired) electrons. The van der Waals surface area contributed by atoms with E-state index >= 15 is 0 Å². The van der Waals surface area contributed by atoms with Crippen molar-refractivity contribution in [2.75, 3.05) is 6.54 Å². The molecular formula is C10H14ClNO. The fraction of sp³-hybridized carbons (Fsp3) is 0.400. The Morgan fingerprint density at radius 1 is 1.46 bits per heavy atom. The highest BCUT2D eigenvalue weighted by atomic mass is 35.5. The molecule has 1 unspecified atom stereocenters. The fourth-order valence-electron chi connectivity index (χ4n) is 1.17. The second-order valence-corrected chi connectivity index (χ2v) is 3.60. The van der Waals surface area contributed by atoms with Gasteiger partial charge in [0.1, 0.15) is 0 Å². The Morgan fingerprint density at radius 3 is 2.54 bits per heavy atom. The number of rotatable bonds is 2. The van der Waals surface area contributed by atoms with E-state index in [0.717, 1.165) is 16.7 Å². The first-order valence-electron chi connectivity index (χ1n) is 4.21. The number of aliphatic hydroxyl groups excluding tert-OH is 1. The van der Waals surface area contributed by atoms with Gasteiger partial charge >= 0.3 is 0 Å². The lowest BCUT2D eigenvalue weighted by molar-refractivity contribution is 0.186. The minimum absolute atomic E-state index is 0.221. The van der Waals surface area contributed by atoms with Crippen LogP contribution in [0.4, 0.5) is 0 Å². The van der Waals surface area contributed by atoms with E-state index in [-0.39, 0.29) is 6.54 Å². The third kappa shape index (κ3) is 2.21. The Balaban J connectivity index is 3.13. The summed E-state index contributed by atoms with van der Waals surface area (Å²) in [5.41, 5.74) is 8.27. The fourth-order valence-corrected chi connectivity index (χ4v) is 1.45. The number of nitrogens with two attached hydrogens (primary N) is 1. The van der Waals surface area contributed by atoms with Gasteiger partial charge in [-0.2, -0.15) is 0 Å². The maximum atomic E-state index is 9.49. The van der Waals surface area contributed by atoms with Gasteiger partial charge in [0.25, 0.3) is 0 Å². The second-order valence-electron chi connectivity index (χ2n) is 3.20. The number of hydrogen-bond acceptors (Lipinski definition) is 2. The summed E-state index contributed by atoms with van der Waals surface area (Å²) in [6.45, 7) is 4.14. The molecule has 0 heterocycles. The maximum Gasteiger partial charge on any atom is 0.0912 e. The molecule has 0 saturated carbocycles. The minimum atomic E-state index is -0.614. The number of hydrogen-bond donors (Lipinski definition) is 2. The standard InChI is InChI=1S/C10H14ClNO/c1-6-3-8(10(13)5-12)4-9(11)7(6)2/h3-4,10,13H,5,12H2,1-2H3. The largest absolute Gasteiger partial charge is 0.387 e. The van der Waals surface area contributed by atoms with Gasteiger partial charge in [-0.25, -0.2) is 0 Å². The van der Waals surface area contributed by atoms with E-state index in [4.69, 9.17) is 17.3 Å². The lowest BCUT2D eigenvalue weighted by Gasteiger charge is -2.11. The molecule has 1 aromatic rings. The van der Waals surface area contributed by atoms with Crippen LogP contribution >= 0.6 is 11.6 Å². The molecular weight excluding hydrogens is 186 g/mol. The third-order valence-corrected chi connectivity index (χ3v) is 2.63. The van der Waals surface area contributed by atoms with E-state index in [1.165, 1.54) is 0 Å². The van der Waals surface area contributed by atoms with Crippen LogP contribution < -0.4 is 5.73 Å². The van der Waals surface area contributed by atoms with Crippen LogP contribution in [-0.4, -0.2) is 11.7 Å². The highest BCUT2D eigenvalue weighted by molar-refractivity contribution is 6.31. The predicted molar refractivity (Wildman–Crippen MR) is 54.9 cm³/mol. The average molecular weight is 200 g/mol. The van der Waals surface area contributed by atoms with Crippen molar-refractivity contribution >= 4 is 11.6 Å². The van der Waals surface area contributed by atoms with Gasteiger partial charge in [-0.1, -0.05) is 17.7 Å². The number of aryl methyl sites for hydroxylation is 1. The lowest BCUT2D eigenvalue weighted by atomic mass is 10.0. The topological polar surface area (TPSA) is 46.2 Å². The van der Waals surface area contributed by atoms with Crippen LogP contribution in [0, 0.1) is 13.8 Å². The van der Waals surface area contributed by atoms with E-state index < -0.39 is 6.10 Å². The third-order valence-electron chi connectivity index (χ3n) is 2.23. The summed E-state index contributed by atoms with van der Waals surface area (Å²) in [5, 5.41) is 10.2. The molecule has 3 N–H and O–H groups in total. The van der Waals surface area contributed by atoms with Crippen LogP contribution in [0.25, 0.3) is 0 Å². The van der Waals surface area contributed by atoms with Crippen LogP contribution in [0.2, 0.25) is 5.02 Å². The van der Waals surface area contributed by atoms with Gasteiger partial charge in [-0.3, -0.25) is 0 Å². The quantitative estimate of drug-likeness (QED) is 0.765. The molecule has 0 saturated heterocycles. The van der Waals surface area contributed by atoms with Crippen molar-refractivity contribution in [1.82, 2.24) is 0 Å². The van der Waals surface area contributed by atoms with Crippen LogP contribution in [-0.2, 0) is 0 Å². The van der Waals surface area contributed by atoms with Crippen LogP contribution in [0.5, 0.6) is 0 Å². The van der Waals surface area contributed by atoms with E-state index in [1.807, 2.05) is 19.9 Å². The molecule has 0 aromatic heterocycles. The van der Waals surface area contributed by atoms with Gasteiger partial charge in [-0.15, -0.1) is 0 Å². The Kier molecular flexibility index (Phi) is 3.31. The van der Waals surface area contributed by atoms with Gasteiger partial charge in [0.05, 0.1) is 6.10 Å². The summed E-state index contributed by atoms with van der Waals surface area (Å²) in [6.07, 6.45) is -0.614. The van der Waals surface area contributed by atoms with Crippen molar-refractivity contribution in [3.8, 4) is 0 Å². The molecule has 0 amide bonds. The van der Waals surface area contributed by atoms with Crippen molar-refractivity contribution < 1.29 is 5.11 Å².